The van der Waals surface area contributed by atoms with E-state index in [1.165, 1.54) is 0 Å². The number of ether oxygens (including phenoxy) is 1. The standard InChI is InChI=1S/C32H40N4O5/c1-2-21-36-29(38)27(15-9-10-20-33-31(40)41-24-26-13-7-4-8-14-26)34-30(39)32(36)18-22-35(23-19-32)28(37)17-16-25-11-5-3-6-12-25/h3-8,11-14,16-17,27H,2,9-10,15,18-24H2,1H3,(H,33,40)(H,34,39)/t27-/m0/s1. The van der Waals surface area contributed by atoms with E-state index in [1.54, 1.807) is 22.0 Å². The molecular formula is C32H40N4O5. The van der Waals surface area contributed by atoms with Gasteiger partial charge < -0.3 is 25.2 Å². The summed E-state index contributed by atoms with van der Waals surface area (Å²) in [6.45, 7) is 3.96. The molecule has 0 aromatic heterocycles. The molecule has 9 heteroatoms. The van der Waals surface area contributed by atoms with Crippen LogP contribution in [0.5, 0.6) is 0 Å². The first-order chi connectivity index (χ1) is 19.9. The topological polar surface area (TPSA) is 108 Å². The van der Waals surface area contributed by atoms with Gasteiger partial charge in [0.1, 0.15) is 18.2 Å². The van der Waals surface area contributed by atoms with Crippen LogP contribution in [-0.2, 0) is 25.7 Å². The molecular weight excluding hydrogens is 520 g/mol. The van der Waals surface area contributed by atoms with Crippen molar-refractivity contribution in [1.82, 2.24) is 20.4 Å². The van der Waals surface area contributed by atoms with Gasteiger partial charge in [0.2, 0.25) is 17.7 Å². The number of hydrogen-bond donors (Lipinski definition) is 2. The number of unbranched alkanes of at least 4 members (excludes halogenated alkanes) is 1. The summed E-state index contributed by atoms with van der Waals surface area (Å²) < 4.78 is 5.22. The Balaban J connectivity index is 1.24. The summed E-state index contributed by atoms with van der Waals surface area (Å²) in [5.41, 5.74) is 0.944. The highest BCUT2D eigenvalue weighted by Crippen LogP contribution is 2.34. The molecule has 0 bridgehead atoms. The third kappa shape index (κ3) is 7.74. The average molecular weight is 561 g/mol. The first kappa shape index (κ1) is 29.8. The van der Waals surface area contributed by atoms with Crippen LogP contribution >= 0.6 is 0 Å². The van der Waals surface area contributed by atoms with Gasteiger partial charge in [-0.1, -0.05) is 67.6 Å². The van der Waals surface area contributed by atoms with E-state index in [-0.39, 0.29) is 24.3 Å². The summed E-state index contributed by atoms with van der Waals surface area (Å²) in [5.74, 6) is -0.292. The summed E-state index contributed by atoms with van der Waals surface area (Å²) >= 11 is 0. The van der Waals surface area contributed by atoms with E-state index in [4.69, 9.17) is 4.74 Å². The molecule has 4 amide bonds. The Labute approximate surface area is 241 Å². The minimum atomic E-state index is -0.923. The fourth-order valence-corrected chi connectivity index (χ4v) is 5.49. The fraction of sp³-hybridized carbons (Fsp3) is 0.438. The summed E-state index contributed by atoms with van der Waals surface area (Å²) in [6.07, 6.45) is 6.27. The van der Waals surface area contributed by atoms with Crippen LogP contribution in [0.15, 0.2) is 66.7 Å². The molecule has 0 unspecified atom stereocenters. The summed E-state index contributed by atoms with van der Waals surface area (Å²) in [5, 5.41) is 5.72. The van der Waals surface area contributed by atoms with E-state index in [9.17, 15) is 19.2 Å². The molecule has 9 nitrogen and oxygen atoms in total. The highest BCUT2D eigenvalue weighted by atomic mass is 16.5. The van der Waals surface area contributed by atoms with Gasteiger partial charge in [-0.15, -0.1) is 0 Å². The fourth-order valence-electron chi connectivity index (χ4n) is 5.49. The van der Waals surface area contributed by atoms with Gasteiger partial charge in [-0.2, -0.15) is 0 Å². The Hall–Kier alpha value is -4.14. The van der Waals surface area contributed by atoms with Crippen molar-refractivity contribution in [3.63, 3.8) is 0 Å². The number of nitrogens with one attached hydrogen (secondary N) is 2. The maximum absolute atomic E-state index is 13.5. The first-order valence-corrected chi connectivity index (χ1v) is 14.5. The van der Waals surface area contributed by atoms with Gasteiger partial charge in [-0.05, 0) is 55.7 Å². The number of carbonyl (C=O) groups excluding carboxylic acids is 4. The van der Waals surface area contributed by atoms with Crippen molar-refractivity contribution in [3.8, 4) is 0 Å². The van der Waals surface area contributed by atoms with E-state index >= 15 is 0 Å². The molecule has 2 saturated heterocycles. The average Bonchev–Trinajstić information content (AvgIpc) is 3.00. The number of piperazine rings is 1. The Morgan fingerprint density at radius 1 is 1.02 bits per heavy atom. The van der Waals surface area contributed by atoms with E-state index < -0.39 is 17.7 Å². The lowest BCUT2D eigenvalue weighted by Crippen LogP contribution is -2.73. The number of piperidine rings is 1. The Kier molecular flexibility index (Phi) is 10.5. The van der Waals surface area contributed by atoms with Crippen molar-refractivity contribution in [2.24, 2.45) is 0 Å². The lowest BCUT2D eigenvalue weighted by atomic mass is 9.81. The van der Waals surface area contributed by atoms with Crippen LogP contribution < -0.4 is 10.6 Å². The predicted molar refractivity (Wildman–Crippen MR) is 156 cm³/mol. The van der Waals surface area contributed by atoms with Crippen molar-refractivity contribution in [3.05, 3.63) is 77.9 Å². The minimum absolute atomic E-state index is 0.0644. The third-order valence-corrected chi connectivity index (χ3v) is 7.78. The molecule has 2 aromatic carbocycles. The smallest absolute Gasteiger partial charge is 0.407 e. The third-order valence-electron chi connectivity index (χ3n) is 7.78. The number of nitrogens with zero attached hydrogens (tertiary/aromatic N) is 2. The monoisotopic (exact) mass is 560 g/mol. The quantitative estimate of drug-likeness (QED) is 0.320. The van der Waals surface area contributed by atoms with Gasteiger partial charge in [-0.3, -0.25) is 14.4 Å². The molecule has 2 heterocycles. The lowest BCUT2D eigenvalue weighted by molar-refractivity contribution is -0.162. The second-order valence-corrected chi connectivity index (χ2v) is 10.6. The summed E-state index contributed by atoms with van der Waals surface area (Å²) in [7, 11) is 0. The molecule has 0 aliphatic carbocycles. The van der Waals surface area contributed by atoms with Gasteiger partial charge in [0.05, 0.1) is 0 Å². The SMILES string of the molecule is CCCN1C(=O)[C@H](CCCCNC(=O)OCc2ccccc2)NC(=O)C12CCN(C(=O)C=Cc1ccccc1)CC2. The van der Waals surface area contributed by atoms with Gasteiger partial charge >= 0.3 is 6.09 Å². The largest absolute Gasteiger partial charge is 0.445 e. The van der Waals surface area contributed by atoms with Gasteiger partial charge in [0.25, 0.3) is 0 Å². The molecule has 0 saturated carbocycles. The molecule has 41 heavy (non-hydrogen) atoms. The predicted octanol–water partition coefficient (Wildman–Crippen LogP) is 3.89. The van der Waals surface area contributed by atoms with Crippen molar-refractivity contribution in [1.29, 1.82) is 0 Å². The molecule has 2 N–H and O–H groups in total. The van der Waals surface area contributed by atoms with Crippen LogP contribution in [0, 0.1) is 0 Å². The van der Waals surface area contributed by atoms with E-state index in [0.717, 1.165) is 17.5 Å². The molecule has 218 valence electrons. The summed E-state index contributed by atoms with van der Waals surface area (Å²) in [6, 6.07) is 18.5. The van der Waals surface area contributed by atoms with Crippen LogP contribution in [0.4, 0.5) is 4.79 Å². The minimum Gasteiger partial charge on any atom is -0.445 e. The maximum atomic E-state index is 13.5. The van der Waals surface area contributed by atoms with Crippen LogP contribution in [0.3, 0.4) is 0 Å². The molecule has 2 fully saturated rings. The number of amides is 4. The molecule has 2 aliphatic heterocycles. The van der Waals surface area contributed by atoms with Crippen LogP contribution in [0.2, 0.25) is 0 Å². The number of rotatable bonds is 11. The zero-order chi connectivity index (χ0) is 29.1. The zero-order valence-electron chi connectivity index (χ0n) is 23.7. The number of likely N-dealkylation sites (tertiary alicyclic amines) is 1. The lowest BCUT2D eigenvalue weighted by Gasteiger charge is -2.51. The molecule has 2 aliphatic rings. The number of alkyl carbamates (subject to hydrolysis) is 1. The van der Waals surface area contributed by atoms with Crippen molar-refractivity contribution in [2.45, 2.75) is 63.6 Å². The molecule has 2 aromatic rings. The van der Waals surface area contributed by atoms with Crippen LogP contribution in [-0.4, -0.2) is 71.4 Å². The number of benzene rings is 2. The Morgan fingerprint density at radius 3 is 2.39 bits per heavy atom. The zero-order valence-corrected chi connectivity index (χ0v) is 23.7. The van der Waals surface area contributed by atoms with Gasteiger partial charge in [-0.25, -0.2) is 4.79 Å². The Bertz CT molecular complexity index is 1210. The highest BCUT2D eigenvalue weighted by molar-refractivity contribution is 6.00. The number of carbonyl (C=O) groups is 4. The van der Waals surface area contributed by atoms with E-state index in [0.29, 0.717) is 58.3 Å². The van der Waals surface area contributed by atoms with Crippen molar-refractivity contribution < 1.29 is 23.9 Å². The van der Waals surface area contributed by atoms with Crippen LogP contribution in [0.1, 0.15) is 56.6 Å². The Morgan fingerprint density at radius 2 is 1.71 bits per heavy atom. The van der Waals surface area contributed by atoms with Crippen molar-refractivity contribution >= 4 is 29.9 Å². The summed E-state index contributed by atoms with van der Waals surface area (Å²) in [4.78, 5) is 55.2. The first-order valence-electron chi connectivity index (χ1n) is 14.5. The normalized spacial score (nSPS) is 18.4. The second-order valence-electron chi connectivity index (χ2n) is 10.6. The van der Waals surface area contributed by atoms with E-state index in [2.05, 4.69) is 10.6 Å². The van der Waals surface area contributed by atoms with Crippen molar-refractivity contribution in [2.75, 3.05) is 26.2 Å². The number of hydrogen-bond acceptors (Lipinski definition) is 5. The van der Waals surface area contributed by atoms with Gasteiger partial charge in [0, 0.05) is 32.3 Å². The van der Waals surface area contributed by atoms with Crippen LogP contribution in [0.25, 0.3) is 6.08 Å². The van der Waals surface area contributed by atoms with Gasteiger partial charge in [0.15, 0.2) is 0 Å². The van der Waals surface area contributed by atoms with E-state index in [1.807, 2.05) is 67.6 Å². The second kappa shape index (κ2) is 14.5. The molecule has 1 atom stereocenters. The molecule has 1 spiro atoms. The highest BCUT2D eigenvalue weighted by Gasteiger charge is 2.53. The maximum Gasteiger partial charge on any atom is 0.407 e. The molecule has 0 radical (unpaired) electrons. The molecule has 4 rings (SSSR count).